The smallest absolute Gasteiger partial charge is 0.340 e. The minimum Gasteiger partial charge on any atom is -0.429 e. The highest BCUT2D eigenvalue weighted by molar-refractivity contribution is 5.89. The number of carbonyl (C=O) groups is 1. The van der Waals surface area contributed by atoms with Crippen molar-refractivity contribution in [3.63, 3.8) is 0 Å². The second-order valence-corrected chi connectivity index (χ2v) is 7.67. The average Bonchev–Trinajstić information content (AvgIpc) is 3.19. The summed E-state index contributed by atoms with van der Waals surface area (Å²) in [6.45, 7) is 7.73. The first-order valence-electron chi connectivity index (χ1n) is 8.83. The van der Waals surface area contributed by atoms with E-state index in [2.05, 4.69) is 0 Å². The van der Waals surface area contributed by atoms with Gasteiger partial charge in [-0.05, 0) is 39.8 Å². The Morgan fingerprint density at radius 3 is 2.31 bits per heavy atom. The van der Waals surface area contributed by atoms with Gasteiger partial charge in [-0.15, -0.1) is 0 Å². The molecular formula is C19H24O7. The molecule has 3 saturated heterocycles. The molecule has 3 aliphatic heterocycles. The van der Waals surface area contributed by atoms with Crippen molar-refractivity contribution in [1.82, 2.24) is 0 Å². The van der Waals surface area contributed by atoms with Crippen LogP contribution < -0.4 is 0 Å². The van der Waals surface area contributed by atoms with Crippen LogP contribution in [-0.4, -0.2) is 54.9 Å². The van der Waals surface area contributed by atoms with Gasteiger partial charge >= 0.3 is 5.97 Å². The van der Waals surface area contributed by atoms with Gasteiger partial charge in [0, 0.05) is 0 Å². The Bertz CT molecular complexity index is 672. The number of carbonyl (C=O) groups excluding carboxylic acids is 1. The molecule has 3 heterocycles. The van der Waals surface area contributed by atoms with Crippen LogP contribution in [0.15, 0.2) is 30.3 Å². The molecule has 142 valence electrons. The van der Waals surface area contributed by atoms with Crippen molar-refractivity contribution in [3.05, 3.63) is 35.9 Å². The van der Waals surface area contributed by atoms with E-state index < -0.39 is 42.1 Å². The molecule has 5 atom stereocenters. The first-order valence-corrected chi connectivity index (χ1v) is 8.83. The maximum atomic E-state index is 12.4. The zero-order valence-corrected chi connectivity index (χ0v) is 15.3. The summed E-state index contributed by atoms with van der Waals surface area (Å²) in [6.07, 6.45) is -2.56. The lowest BCUT2D eigenvalue weighted by molar-refractivity contribution is -0.235. The molecule has 3 aliphatic rings. The van der Waals surface area contributed by atoms with E-state index in [1.54, 1.807) is 24.3 Å². The Labute approximate surface area is 152 Å². The number of fused-ring (bicyclic) bond motifs is 1. The highest BCUT2D eigenvalue weighted by Crippen LogP contribution is 2.42. The fourth-order valence-electron chi connectivity index (χ4n) is 3.61. The molecular weight excluding hydrogens is 340 g/mol. The first kappa shape index (κ1) is 17.9. The third kappa shape index (κ3) is 3.37. The number of hydrogen-bond donors (Lipinski definition) is 0. The molecule has 0 N–H and O–H groups in total. The van der Waals surface area contributed by atoms with Gasteiger partial charge in [0.05, 0.1) is 12.2 Å². The Kier molecular flexibility index (Phi) is 4.32. The van der Waals surface area contributed by atoms with Gasteiger partial charge in [-0.1, -0.05) is 18.2 Å². The lowest BCUT2D eigenvalue weighted by Gasteiger charge is -2.26. The van der Waals surface area contributed by atoms with E-state index in [1.807, 2.05) is 33.8 Å². The second kappa shape index (κ2) is 6.28. The molecule has 1 aromatic carbocycles. The molecule has 7 nitrogen and oxygen atoms in total. The SMILES string of the molecule is CC1(C)OCC([C@H]2O[C@H](OC(=O)c3ccccc3)[C@H]3OC(C)(C)O[C@H]32)O1. The first-order chi connectivity index (χ1) is 12.2. The van der Waals surface area contributed by atoms with Crippen molar-refractivity contribution in [1.29, 1.82) is 0 Å². The van der Waals surface area contributed by atoms with Gasteiger partial charge in [0.15, 0.2) is 17.7 Å². The minimum absolute atomic E-state index is 0.324. The molecule has 0 saturated carbocycles. The van der Waals surface area contributed by atoms with Gasteiger partial charge in [0.25, 0.3) is 0 Å². The van der Waals surface area contributed by atoms with E-state index in [1.165, 1.54) is 0 Å². The van der Waals surface area contributed by atoms with Crippen molar-refractivity contribution in [3.8, 4) is 0 Å². The van der Waals surface area contributed by atoms with E-state index in [4.69, 9.17) is 28.4 Å². The van der Waals surface area contributed by atoms with Crippen molar-refractivity contribution in [2.45, 2.75) is 70.0 Å². The predicted molar refractivity (Wildman–Crippen MR) is 89.2 cm³/mol. The van der Waals surface area contributed by atoms with Crippen molar-refractivity contribution in [2.24, 2.45) is 0 Å². The number of esters is 1. The lowest BCUT2D eigenvalue weighted by atomic mass is 10.1. The molecule has 0 amide bonds. The summed E-state index contributed by atoms with van der Waals surface area (Å²) in [5.74, 6) is -1.94. The Morgan fingerprint density at radius 2 is 1.65 bits per heavy atom. The standard InChI is InChI=1S/C19H24O7/c1-18(2)21-10-12(24-18)13-14-15(26-19(3,4)25-14)17(22-13)23-16(20)11-8-6-5-7-9-11/h5-9,12-15,17H,10H2,1-4H3/t12?,13-,14+,15+,17-/m1/s1. The van der Waals surface area contributed by atoms with Crippen LogP contribution in [0.3, 0.4) is 0 Å². The summed E-state index contributed by atoms with van der Waals surface area (Å²) in [7, 11) is 0. The topological polar surface area (TPSA) is 72.5 Å². The van der Waals surface area contributed by atoms with Gasteiger partial charge in [0.2, 0.25) is 6.29 Å². The molecule has 7 heteroatoms. The number of ether oxygens (including phenoxy) is 6. The monoisotopic (exact) mass is 364 g/mol. The molecule has 0 spiro atoms. The number of hydrogen-bond acceptors (Lipinski definition) is 7. The van der Waals surface area contributed by atoms with Gasteiger partial charge in [0.1, 0.15) is 18.3 Å². The van der Waals surface area contributed by atoms with Crippen LogP contribution in [0.5, 0.6) is 0 Å². The highest BCUT2D eigenvalue weighted by Gasteiger charge is 2.60. The molecule has 1 unspecified atom stereocenters. The number of benzene rings is 1. The summed E-state index contributed by atoms with van der Waals surface area (Å²) in [6, 6.07) is 8.78. The molecule has 0 bridgehead atoms. The number of rotatable bonds is 3. The van der Waals surface area contributed by atoms with E-state index in [9.17, 15) is 4.79 Å². The van der Waals surface area contributed by atoms with Crippen LogP contribution in [0.4, 0.5) is 0 Å². The highest BCUT2D eigenvalue weighted by atomic mass is 16.8. The summed E-state index contributed by atoms with van der Waals surface area (Å²) in [5.41, 5.74) is 0.454. The molecule has 1 aromatic rings. The van der Waals surface area contributed by atoms with Crippen molar-refractivity contribution >= 4 is 5.97 Å². The van der Waals surface area contributed by atoms with Gasteiger partial charge in [-0.25, -0.2) is 4.79 Å². The quantitative estimate of drug-likeness (QED) is 0.762. The zero-order valence-electron chi connectivity index (χ0n) is 15.3. The Hall–Kier alpha value is -1.51. The molecule has 0 aliphatic carbocycles. The minimum atomic E-state index is -0.869. The molecule has 3 fully saturated rings. The Balaban J connectivity index is 1.51. The van der Waals surface area contributed by atoms with Gasteiger partial charge in [-0.2, -0.15) is 0 Å². The summed E-state index contributed by atoms with van der Waals surface area (Å²) in [4.78, 5) is 12.4. The van der Waals surface area contributed by atoms with Crippen LogP contribution in [0.2, 0.25) is 0 Å². The van der Waals surface area contributed by atoms with Gasteiger partial charge < -0.3 is 28.4 Å². The van der Waals surface area contributed by atoms with Crippen molar-refractivity contribution in [2.75, 3.05) is 6.61 Å². The van der Waals surface area contributed by atoms with Crippen LogP contribution in [0.25, 0.3) is 0 Å². The second-order valence-electron chi connectivity index (χ2n) is 7.67. The van der Waals surface area contributed by atoms with E-state index in [0.29, 0.717) is 12.2 Å². The summed E-state index contributed by atoms with van der Waals surface area (Å²) < 4.78 is 35.1. The van der Waals surface area contributed by atoms with Crippen LogP contribution >= 0.6 is 0 Å². The predicted octanol–water partition coefficient (Wildman–Crippen LogP) is 2.24. The maximum absolute atomic E-state index is 12.4. The van der Waals surface area contributed by atoms with Gasteiger partial charge in [-0.3, -0.25) is 0 Å². The molecule has 0 radical (unpaired) electrons. The molecule has 4 rings (SSSR count). The third-order valence-corrected chi connectivity index (χ3v) is 4.68. The van der Waals surface area contributed by atoms with E-state index >= 15 is 0 Å². The molecule has 26 heavy (non-hydrogen) atoms. The largest absolute Gasteiger partial charge is 0.429 e. The van der Waals surface area contributed by atoms with Crippen LogP contribution in [0.1, 0.15) is 38.1 Å². The van der Waals surface area contributed by atoms with Crippen LogP contribution in [-0.2, 0) is 28.4 Å². The molecule has 0 aromatic heterocycles. The van der Waals surface area contributed by atoms with E-state index in [-0.39, 0.29) is 6.10 Å². The third-order valence-electron chi connectivity index (χ3n) is 4.68. The summed E-state index contributed by atoms with van der Waals surface area (Å²) in [5, 5.41) is 0. The lowest BCUT2D eigenvalue weighted by Crippen LogP contribution is -2.40. The van der Waals surface area contributed by atoms with E-state index in [0.717, 1.165) is 0 Å². The fraction of sp³-hybridized carbons (Fsp3) is 0.632. The fourth-order valence-corrected chi connectivity index (χ4v) is 3.61. The average molecular weight is 364 g/mol. The Morgan fingerprint density at radius 1 is 0.962 bits per heavy atom. The zero-order chi connectivity index (χ0) is 18.5. The normalized spacial score (nSPS) is 37.5. The summed E-state index contributed by atoms with van der Waals surface area (Å²) >= 11 is 0. The van der Waals surface area contributed by atoms with Crippen LogP contribution in [0, 0.1) is 0 Å². The maximum Gasteiger partial charge on any atom is 0.340 e. The van der Waals surface area contributed by atoms with Crippen molar-refractivity contribution < 1.29 is 33.2 Å².